The van der Waals surface area contributed by atoms with E-state index in [0.29, 0.717) is 6.42 Å². The van der Waals surface area contributed by atoms with Crippen molar-refractivity contribution in [2.75, 3.05) is 0 Å². The number of unbranched alkanes of at least 4 members (excludes halogenated alkanes) is 5. The van der Waals surface area contributed by atoms with E-state index in [4.69, 9.17) is 4.74 Å². The van der Waals surface area contributed by atoms with E-state index in [2.05, 4.69) is 30.6 Å². The van der Waals surface area contributed by atoms with E-state index in [1.807, 2.05) is 13.0 Å². The van der Waals surface area contributed by atoms with E-state index >= 15 is 0 Å². The van der Waals surface area contributed by atoms with Crippen LogP contribution in [0.4, 0.5) is 0 Å². The Morgan fingerprint density at radius 2 is 1.82 bits per heavy atom. The highest BCUT2D eigenvalue weighted by atomic mass is 16.5. The van der Waals surface area contributed by atoms with Crippen molar-refractivity contribution in [3.8, 4) is 23.7 Å². The van der Waals surface area contributed by atoms with Crippen LogP contribution < -0.4 is 0 Å². The molecule has 0 radical (unpaired) electrons. The number of carbonyl (C=O) groups excluding carboxylic acids is 1. The maximum Gasteiger partial charge on any atom is 0.303 e. The zero-order valence-electron chi connectivity index (χ0n) is 14.0. The molecule has 0 aliphatic rings. The van der Waals surface area contributed by atoms with Gasteiger partial charge in [0.2, 0.25) is 0 Å². The lowest BCUT2D eigenvalue weighted by atomic mass is 10.1. The topological polar surface area (TPSA) is 46.5 Å². The van der Waals surface area contributed by atoms with Crippen molar-refractivity contribution in [2.24, 2.45) is 0 Å². The maximum absolute atomic E-state index is 10.8. The van der Waals surface area contributed by atoms with Gasteiger partial charge in [-0.3, -0.25) is 4.79 Å². The lowest BCUT2D eigenvalue weighted by Crippen LogP contribution is -2.12. The molecular formula is C19H28O3. The van der Waals surface area contributed by atoms with Gasteiger partial charge in [0, 0.05) is 6.92 Å². The van der Waals surface area contributed by atoms with Crippen molar-refractivity contribution in [3.63, 3.8) is 0 Å². The average molecular weight is 304 g/mol. The van der Waals surface area contributed by atoms with E-state index in [-0.39, 0.29) is 5.97 Å². The third-order valence-electron chi connectivity index (χ3n) is 2.99. The fraction of sp³-hybridized carbons (Fsp3) is 0.632. The first-order valence-electron chi connectivity index (χ1n) is 8.13. The van der Waals surface area contributed by atoms with Gasteiger partial charge >= 0.3 is 5.97 Å². The Morgan fingerprint density at radius 1 is 1.14 bits per heavy atom. The van der Waals surface area contributed by atoms with Gasteiger partial charge < -0.3 is 9.84 Å². The minimum atomic E-state index is -0.793. The van der Waals surface area contributed by atoms with E-state index in [9.17, 15) is 9.90 Å². The van der Waals surface area contributed by atoms with Gasteiger partial charge in [-0.05, 0) is 43.1 Å². The number of esters is 1. The quantitative estimate of drug-likeness (QED) is 0.306. The lowest BCUT2D eigenvalue weighted by molar-refractivity contribution is -0.143. The lowest BCUT2D eigenvalue weighted by Gasteiger charge is -2.06. The van der Waals surface area contributed by atoms with E-state index in [0.717, 1.165) is 12.8 Å². The standard InChI is InChI=1S/C19H28O3/c1-4-6-7-8-9-10-11-14-18(21)15-12-13-16-19(5-2)22-17(3)20/h11,14,18-19,21H,4-10H2,1-3H3. The van der Waals surface area contributed by atoms with Gasteiger partial charge in [-0.25, -0.2) is 0 Å². The number of ether oxygens (including phenoxy) is 1. The molecule has 1 N–H and O–H groups in total. The van der Waals surface area contributed by atoms with Crippen LogP contribution in [-0.4, -0.2) is 23.3 Å². The van der Waals surface area contributed by atoms with Crippen LogP contribution in [-0.2, 0) is 9.53 Å². The number of carbonyl (C=O) groups is 1. The second-order valence-electron chi connectivity index (χ2n) is 5.12. The summed E-state index contributed by atoms with van der Waals surface area (Å²) in [4.78, 5) is 10.8. The summed E-state index contributed by atoms with van der Waals surface area (Å²) in [7, 11) is 0. The Balaban J connectivity index is 4.01. The fourth-order valence-corrected chi connectivity index (χ4v) is 1.78. The van der Waals surface area contributed by atoms with Gasteiger partial charge in [0.25, 0.3) is 0 Å². The van der Waals surface area contributed by atoms with Crippen molar-refractivity contribution in [2.45, 2.75) is 77.9 Å². The predicted octanol–water partition coefficient (Wildman–Crippen LogP) is 3.61. The molecule has 0 rings (SSSR count). The van der Waals surface area contributed by atoms with Crippen LogP contribution in [0.15, 0.2) is 12.2 Å². The van der Waals surface area contributed by atoms with Crippen LogP contribution in [0.5, 0.6) is 0 Å². The van der Waals surface area contributed by atoms with Crippen molar-refractivity contribution < 1.29 is 14.6 Å². The molecule has 0 aromatic heterocycles. The first kappa shape index (κ1) is 20.3. The van der Waals surface area contributed by atoms with Crippen LogP contribution in [0.1, 0.15) is 65.7 Å². The molecular weight excluding hydrogens is 276 g/mol. The molecule has 0 spiro atoms. The maximum atomic E-state index is 10.8. The van der Waals surface area contributed by atoms with E-state index < -0.39 is 12.2 Å². The molecule has 22 heavy (non-hydrogen) atoms. The summed E-state index contributed by atoms with van der Waals surface area (Å²) < 4.78 is 4.97. The van der Waals surface area contributed by atoms with Crippen LogP contribution >= 0.6 is 0 Å². The Hall–Kier alpha value is -1.71. The summed E-state index contributed by atoms with van der Waals surface area (Å²) in [5, 5.41) is 9.64. The van der Waals surface area contributed by atoms with E-state index in [1.54, 1.807) is 6.08 Å². The monoisotopic (exact) mass is 304 g/mol. The summed E-state index contributed by atoms with van der Waals surface area (Å²) in [6.45, 7) is 5.44. The second-order valence-corrected chi connectivity index (χ2v) is 5.12. The molecule has 2 unspecified atom stereocenters. The summed E-state index contributed by atoms with van der Waals surface area (Å²) in [6, 6.07) is 0. The van der Waals surface area contributed by atoms with Gasteiger partial charge in [0.1, 0.15) is 6.10 Å². The summed E-state index contributed by atoms with van der Waals surface area (Å²) in [5.41, 5.74) is 0. The Morgan fingerprint density at radius 3 is 2.45 bits per heavy atom. The molecule has 3 heteroatoms. The molecule has 0 amide bonds. The number of hydrogen-bond acceptors (Lipinski definition) is 3. The molecule has 2 atom stereocenters. The highest BCUT2D eigenvalue weighted by molar-refractivity contribution is 5.66. The zero-order chi connectivity index (χ0) is 16.6. The molecule has 0 fully saturated rings. The number of aliphatic hydroxyl groups excluding tert-OH is 1. The molecule has 0 aliphatic heterocycles. The predicted molar refractivity (Wildman–Crippen MR) is 89.9 cm³/mol. The van der Waals surface area contributed by atoms with Gasteiger partial charge in [0.05, 0.1) is 0 Å². The molecule has 0 saturated heterocycles. The van der Waals surface area contributed by atoms with Gasteiger partial charge in [-0.1, -0.05) is 51.5 Å². The Bertz CT molecular complexity index is 443. The summed E-state index contributed by atoms with van der Waals surface area (Å²) >= 11 is 0. The van der Waals surface area contributed by atoms with Gasteiger partial charge in [-0.15, -0.1) is 0 Å². The summed E-state index contributed by atoms with van der Waals surface area (Å²) in [5.74, 6) is 10.2. The number of aliphatic hydroxyl groups is 1. The molecule has 122 valence electrons. The first-order chi connectivity index (χ1) is 10.6. The highest BCUT2D eigenvalue weighted by Crippen LogP contribution is 2.05. The van der Waals surface area contributed by atoms with Gasteiger partial charge in [-0.2, -0.15) is 0 Å². The first-order valence-corrected chi connectivity index (χ1v) is 8.13. The Kier molecular flexibility index (Phi) is 13.1. The van der Waals surface area contributed by atoms with E-state index in [1.165, 1.54) is 32.6 Å². The molecule has 0 aromatic rings. The van der Waals surface area contributed by atoms with Crippen LogP contribution in [0.25, 0.3) is 0 Å². The minimum Gasteiger partial charge on any atom is -0.449 e. The molecule has 0 bridgehead atoms. The van der Waals surface area contributed by atoms with Crippen molar-refractivity contribution in [1.82, 2.24) is 0 Å². The highest BCUT2D eigenvalue weighted by Gasteiger charge is 2.03. The Labute approximate surface area is 135 Å². The largest absolute Gasteiger partial charge is 0.449 e. The smallest absolute Gasteiger partial charge is 0.303 e. The van der Waals surface area contributed by atoms with Crippen LogP contribution in [0.3, 0.4) is 0 Å². The minimum absolute atomic E-state index is 0.351. The normalized spacial score (nSPS) is 12.7. The number of hydrogen-bond donors (Lipinski definition) is 1. The third kappa shape index (κ3) is 13.3. The van der Waals surface area contributed by atoms with Crippen LogP contribution in [0.2, 0.25) is 0 Å². The number of rotatable bonds is 9. The third-order valence-corrected chi connectivity index (χ3v) is 2.99. The zero-order valence-corrected chi connectivity index (χ0v) is 14.0. The van der Waals surface area contributed by atoms with Crippen molar-refractivity contribution in [1.29, 1.82) is 0 Å². The fourth-order valence-electron chi connectivity index (χ4n) is 1.78. The average Bonchev–Trinajstić information content (AvgIpc) is 2.49. The molecule has 0 saturated carbocycles. The van der Waals surface area contributed by atoms with Crippen LogP contribution in [0, 0.1) is 23.7 Å². The molecule has 0 aliphatic carbocycles. The van der Waals surface area contributed by atoms with Crippen molar-refractivity contribution >= 4 is 5.97 Å². The second kappa shape index (κ2) is 14.2. The molecule has 0 aromatic carbocycles. The molecule has 0 heterocycles. The number of allylic oxidation sites excluding steroid dienone is 1. The van der Waals surface area contributed by atoms with Gasteiger partial charge in [0.15, 0.2) is 6.10 Å². The van der Waals surface area contributed by atoms with Crippen molar-refractivity contribution in [3.05, 3.63) is 12.2 Å². The molecule has 3 nitrogen and oxygen atoms in total. The summed E-state index contributed by atoms with van der Waals surface area (Å²) in [6.07, 6.45) is 10.2. The SMILES string of the molecule is CCCCCCCC=CC(O)C#CC#CC(CC)OC(C)=O.